The molecule has 3 aliphatic rings. The van der Waals surface area contributed by atoms with Gasteiger partial charge >= 0.3 is 0 Å². The zero-order valence-electron chi connectivity index (χ0n) is 11.9. The Morgan fingerprint density at radius 3 is 2.83 bits per heavy atom. The Labute approximate surface area is 112 Å². The Morgan fingerprint density at radius 2 is 2.06 bits per heavy atom. The maximum absolute atomic E-state index is 6.17. The molecule has 3 unspecified atom stereocenters. The molecule has 2 nitrogen and oxygen atoms in total. The van der Waals surface area contributed by atoms with Crippen molar-refractivity contribution in [3.8, 4) is 0 Å². The third kappa shape index (κ3) is 2.60. The van der Waals surface area contributed by atoms with Crippen molar-refractivity contribution < 1.29 is 4.74 Å². The van der Waals surface area contributed by atoms with Gasteiger partial charge in [-0.05, 0) is 56.9 Å². The molecule has 104 valence electrons. The van der Waals surface area contributed by atoms with Gasteiger partial charge in [0.15, 0.2) is 0 Å². The maximum Gasteiger partial charge on any atom is 0.0685 e. The number of hydrogen-bond donors (Lipinski definition) is 1. The molecule has 3 atom stereocenters. The van der Waals surface area contributed by atoms with Crippen molar-refractivity contribution in [1.29, 1.82) is 0 Å². The van der Waals surface area contributed by atoms with Gasteiger partial charge < -0.3 is 10.1 Å². The Hall–Kier alpha value is -0.0800. The zero-order valence-corrected chi connectivity index (χ0v) is 11.9. The van der Waals surface area contributed by atoms with Gasteiger partial charge in [0.2, 0.25) is 0 Å². The quantitative estimate of drug-likeness (QED) is 0.811. The van der Waals surface area contributed by atoms with Crippen LogP contribution in [0.1, 0.15) is 64.7 Å². The minimum absolute atomic E-state index is 0.295. The Kier molecular flexibility index (Phi) is 3.95. The van der Waals surface area contributed by atoms with Crippen molar-refractivity contribution in [1.82, 2.24) is 5.32 Å². The molecule has 0 radical (unpaired) electrons. The SMILES string of the molecule is CCC1CCNC(C2CCOC3(CCCC3)C2)C1. The van der Waals surface area contributed by atoms with Gasteiger partial charge in [0.25, 0.3) is 0 Å². The van der Waals surface area contributed by atoms with Crippen LogP contribution < -0.4 is 5.32 Å². The van der Waals surface area contributed by atoms with Crippen molar-refractivity contribution in [2.75, 3.05) is 13.2 Å². The van der Waals surface area contributed by atoms with Crippen LogP contribution in [0.4, 0.5) is 0 Å². The van der Waals surface area contributed by atoms with Crippen molar-refractivity contribution in [3.63, 3.8) is 0 Å². The molecule has 1 aliphatic carbocycles. The van der Waals surface area contributed by atoms with Crippen LogP contribution in [0.3, 0.4) is 0 Å². The minimum Gasteiger partial charge on any atom is -0.375 e. The molecule has 2 heterocycles. The highest BCUT2D eigenvalue weighted by Crippen LogP contribution is 2.44. The fourth-order valence-electron chi connectivity index (χ4n) is 4.54. The number of hydrogen-bond acceptors (Lipinski definition) is 2. The van der Waals surface area contributed by atoms with E-state index in [-0.39, 0.29) is 0 Å². The van der Waals surface area contributed by atoms with Gasteiger partial charge in [-0.15, -0.1) is 0 Å². The molecule has 2 aliphatic heterocycles. The number of rotatable bonds is 2. The highest BCUT2D eigenvalue weighted by Gasteiger charge is 2.42. The maximum atomic E-state index is 6.17. The molecule has 0 bridgehead atoms. The van der Waals surface area contributed by atoms with E-state index in [0.29, 0.717) is 5.60 Å². The van der Waals surface area contributed by atoms with Gasteiger partial charge in [-0.3, -0.25) is 0 Å². The van der Waals surface area contributed by atoms with Gasteiger partial charge in [0, 0.05) is 12.6 Å². The van der Waals surface area contributed by atoms with E-state index in [0.717, 1.165) is 24.5 Å². The van der Waals surface area contributed by atoms with Crippen LogP contribution in [-0.2, 0) is 4.74 Å². The van der Waals surface area contributed by atoms with Crippen LogP contribution in [0.2, 0.25) is 0 Å². The molecular formula is C16H29NO. The fraction of sp³-hybridized carbons (Fsp3) is 1.00. The highest BCUT2D eigenvalue weighted by molar-refractivity contribution is 4.95. The summed E-state index contributed by atoms with van der Waals surface area (Å²) in [5, 5.41) is 3.80. The molecule has 1 saturated carbocycles. The molecular weight excluding hydrogens is 222 g/mol. The van der Waals surface area contributed by atoms with E-state index in [4.69, 9.17) is 4.74 Å². The van der Waals surface area contributed by atoms with Crippen LogP contribution in [0.25, 0.3) is 0 Å². The molecule has 2 heteroatoms. The number of piperidine rings is 1. The van der Waals surface area contributed by atoms with Gasteiger partial charge in [0.1, 0.15) is 0 Å². The molecule has 2 saturated heterocycles. The standard InChI is InChI=1S/C16H29NO/c1-2-13-5-9-17-15(11-13)14-6-10-18-16(12-14)7-3-4-8-16/h13-15,17H,2-12H2,1H3. The first kappa shape index (κ1) is 12.9. The summed E-state index contributed by atoms with van der Waals surface area (Å²) in [7, 11) is 0. The summed E-state index contributed by atoms with van der Waals surface area (Å²) >= 11 is 0. The van der Waals surface area contributed by atoms with Crippen molar-refractivity contribution >= 4 is 0 Å². The third-order valence-corrected chi connectivity index (χ3v) is 5.74. The fourth-order valence-corrected chi connectivity index (χ4v) is 4.54. The smallest absolute Gasteiger partial charge is 0.0685 e. The summed E-state index contributed by atoms with van der Waals surface area (Å²) in [5.74, 6) is 1.85. The van der Waals surface area contributed by atoms with Gasteiger partial charge in [-0.25, -0.2) is 0 Å². The van der Waals surface area contributed by atoms with Crippen LogP contribution in [0, 0.1) is 11.8 Å². The summed E-state index contributed by atoms with van der Waals surface area (Å²) in [6, 6.07) is 0.782. The molecule has 0 aromatic rings. The van der Waals surface area contributed by atoms with E-state index >= 15 is 0 Å². The summed E-state index contributed by atoms with van der Waals surface area (Å²) in [6.07, 6.45) is 12.2. The van der Waals surface area contributed by atoms with Crippen molar-refractivity contribution in [2.45, 2.75) is 76.4 Å². The Balaban J connectivity index is 1.61. The summed E-state index contributed by atoms with van der Waals surface area (Å²) in [5.41, 5.74) is 0.295. The third-order valence-electron chi connectivity index (χ3n) is 5.74. The first-order valence-electron chi connectivity index (χ1n) is 8.19. The lowest BCUT2D eigenvalue weighted by molar-refractivity contribution is -0.0999. The van der Waals surface area contributed by atoms with Crippen molar-refractivity contribution in [2.24, 2.45) is 11.8 Å². The molecule has 1 N–H and O–H groups in total. The monoisotopic (exact) mass is 251 g/mol. The molecule has 3 fully saturated rings. The molecule has 0 aromatic carbocycles. The molecule has 0 aromatic heterocycles. The van der Waals surface area contributed by atoms with Crippen LogP contribution in [0.15, 0.2) is 0 Å². The minimum atomic E-state index is 0.295. The van der Waals surface area contributed by atoms with E-state index in [2.05, 4.69) is 12.2 Å². The normalized spacial score (nSPS) is 40.2. The van der Waals surface area contributed by atoms with Crippen molar-refractivity contribution in [3.05, 3.63) is 0 Å². The predicted molar refractivity (Wildman–Crippen MR) is 74.7 cm³/mol. The Morgan fingerprint density at radius 1 is 1.22 bits per heavy atom. The van der Waals surface area contributed by atoms with Crippen LogP contribution in [0.5, 0.6) is 0 Å². The Bertz CT molecular complexity index is 272. The molecule has 1 spiro atoms. The van der Waals surface area contributed by atoms with Crippen LogP contribution >= 0.6 is 0 Å². The van der Waals surface area contributed by atoms with Crippen LogP contribution in [-0.4, -0.2) is 24.8 Å². The predicted octanol–water partition coefficient (Wildman–Crippen LogP) is 3.50. The van der Waals surface area contributed by atoms with E-state index < -0.39 is 0 Å². The summed E-state index contributed by atoms with van der Waals surface area (Å²) in [6.45, 7) is 4.61. The highest BCUT2D eigenvalue weighted by atomic mass is 16.5. The second-order valence-electron chi connectivity index (χ2n) is 6.85. The lowest BCUT2D eigenvalue weighted by Crippen LogP contribution is -2.48. The molecule has 0 amide bonds. The van der Waals surface area contributed by atoms with E-state index in [1.165, 1.54) is 64.3 Å². The first-order valence-corrected chi connectivity index (χ1v) is 8.19. The lowest BCUT2D eigenvalue weighted by Gasteiger charge is -2.43. The topological polar surface area (TPSA) is 21.3 Å². The van der Waals surface area contributed by atoms with E-state index in [1.54, 1.807) is 0 Å². The second-order valence-corrected chi connectivity index (χ2v) is 6.85. The molecule has 3 rings (SSSR count). The number of nitrogens with one attached hydrogen (secondary N) is 1. The van der Waals surface area contributed by atoms with Gasteiger partial charge in [-0.2, -0.15) is 0 Å². The average molecular weight is 251 g/mol. The summed E-state index contributed by atoms with van der Waals surface area (Å²) in [4.78, 5) is 0. The average Bonchev–Trinajstić information content (AvgIpc) is 2.87. The van der Waals surface area contributed by atoms with Gasteiger partial charge in [0.05, 0.1) is 5.60 Å². The lowest BCUT2D eigenvalue weighted by atomic mass is 9.76. The van der Waals surface area contributed by atoms with E-state index in [1.807, 2.05) is 0 Å². The van der Waals surface area contributed by atoms with E-state index in [9.17, 15) is 0 Å². The first-order chi connectivity index (χ1) is 8.81. The number of ether oxygens (including phenoxy) is 1. The van der Waals surface area contributed by atoms with Gasteiger partial charge in [-0.1, -0.05) is 26.2 Å². The second kappa shape index (κ2) is 5.50. The zero-order chi connectivity index (χ0) is 12.4. The summed E-state index contributed by atoms with van der Waals surface area (Å²) < 4.78 is 6.17. The largest absolute Gasteiger partial charge is 0.375 e. The molecule has 18 heavy (non-hydrogen) atoms.